The van der Waals surface area contributed by atoms with E-state index in [1.807, 2.05) is 0 Å². The van der Waals surface area contributed by atoms with E-state index in [1.165, 1.54) is 0 Å². The predicted molar refractivity (Wildman–Crippen MR) is 71.7 cm³/mol. The van der Waals surface area contributed by atoms with Gasteiger partial charge in [-0.15, -0.1) is 0 Å². The topological polar surface area (TPSA) is 60.9 Å². The van der Waals surface area contributed by atoms with Gasteiger partial charge >= 0.3 is 0 Å². The lowest BCUT2D eigenvalue weighted by atomic mass is 10.1. The van der Waals surface area contributed by atoms with Crippen molar-refractivity contribution in [2.24, 2.45) is 5.92 Å². The van der Waals surface area contributed by atoms with Crippen molar-refractivity contribution in [2.75, 3.05) is 26.2 Å². The average molecular weight is 304 g/mol. The van der Waals surface area contributed by atoms with Crippen molar-refractivity contribution in [3.8, 4) is 0 Å². The number of carbonyl (C=O) groups is 2. The van der Waals surface area contributed by atoms with Crippen LogP contribution in [-0.2, 0) is 9.59 Å². The first-order valence-corrected chi connectivity index (χ1v) is 7.50. The second-order valence-electron chi connectivity index (χ2n) is 5.78. The molecule has 21 heavy (non-hydrogen) atoms. The summed E-state index contributed by atoms with van der Waals surface area (Å²) in [4.78, 5) is 27.0. The second kappa shape index (κ2) is 7.15. The fraction of sp³-hybridized carbons (Fsp3) is 0.857. The molecule has 7 heteroatoms. The molecule has 0 radical (unpaired) electrons. The summed E-state index contributed by atoms with van der Waals surface area (Å²) >= 11 is 0. The minimum absolute atomic E-state index is 0.0544. The number of nitrogens with zero attached hydrogens (tertiary/aromatic N) is 2. The Morgan fingerprint density at radius 3 is 2.62 bits per heavy atom. The normalized spacial score (nSPS) is 23.3. The molecule has 1 saturated heterocycles. The van der Waals surface area contributed by atoms with Crippen molar-refractivity contribution >= 4 is 11.8 Å². The van der Waals surface area contributed by atoms with Crippen molar-refractivity contribution in [2.45, 2.75) is 44.6 Å². The van der Waals surface area contributed by atoms with Crippen LogP contribution in [0.25, 0.3) is 0 Å². The number of carbonyl (C=O) groups excluding carboxylic acids is 2. The number of aliphatic hydroxyl groups excluding tert-OH is 1. The van der Waals surface area contributed by atoms with Crippen LogP contribution in [0.3, 0.4) is 0 Å². The first-order valence-electron chi connectivity index (χ1n) is 7.50. The van der Waals surface area contributed by atoms with E-state index in [9.17, 15) is 18.4 Å². The average Bonchev–Trinajstić information content (AvgIpc) is 3.05. The highest BCUT2D eigenvalue weighted by molar-refractivity contribution is 5.89. The Balaban J connectivity index is 1.97. The zero-order chi connectivity index (χ0) is 15.4. The molecule has 0 aromatic carbocycles. The molecular weight excluding hydrogens is 282 g/mol. The summed E-state index contributed by atoms with van der Waals surface area (Å²) in [7, 11) is 0. The molecule has 2 rings (SSSR count). The van der Waals surface area contributed by atoms with Gasteiger partial charge in [-0.05, 0) is 12.8 Å². The van der Waals surface area contributed by atoms with E-state index >= 15 is 0 Å². The molecule has 1 aliphatic heterocycles. The van der Waals surface area contributed by atoms with E-state index in [0.717, 1.165) is 30.6 Å². The van der Waals surface area contributed by atoms with Crippen LogP contribution in [0.1, 0.15) is 32.1 Å². The lowest BCUT2D eigenvalue weighted by Gasteiger charge is -2.26. The van der Waals surface area contributed by atoms with Gasteiger partial charge in [-0.2, -0.15) is 0 Å². The van der Waals surface area contributed by atoms with E-state index in [-0.39, 0.29) is 31.5 Å². The van der Waals surface area contributed by atoms with Crippen LogP contribution in [0.15, 0.2) is 0 Å². The fourth-order valence-electron chi connectivity index (χ4n) is 3.30. The van der Waals surface area contributed by atoms with E-state index in [1.54, 1.807) is 4.90 Å². The highest BCUT2D eigenvalue weighted by Gasteiger charge is 2.40. The van der Waals surface area contributed by atoms with E-state index in [0.29, 0.717) is 6.54 Å². The third kappa shape index (κ3) is 3.90. The standard InChI is InChI=1S/C14H22F2N2O3/c15-12(16)9-17(5-6-19)14(21)10-7-13(20)18(8-10)11-3-1-2-4-11/h10-12,19H,1-9H2. The molecule has 1 heterocycles. The molecule has 0 aromatic rings. The molecule has 1 N–H and O–H groups in total. The van der Waals surface area contributed by atoms with Crippen molar-refractivity contribution in [3.63, 3.8) is 0 Å². The highest BCUT2D eigenvalue weighted by Crippen LogP contribution is 2.30. The summed E-state index contributed by atoms with van der Waals surface area (Å²) < 4.78 is 25.0. The number of alkyl halides is 2. The first kappa shape index (κ1) is 16.1. The molecule has 1 aliphatic carbocycles. The van der Waals surface area contributed by atoms with Crippen molar-refractivity contribution in [3.05, 3.63) is 0 Å². The molecule has 0 bridgehead atoms. The maximum atomic E-state index is 12.5. The van der Waals surface area contributed by atoms with Crippen LogP contribution >= 0.6 is 0 Å². The lowest BCUT2D eigenvalue weighted by molar-refractivity contribution is -0.138. The number of hydrogen-bond acceptors (Lipinski definition) is 3. The van der Waals surface area contributed by atoms with Crippen LogP contribution in [0.5, 0.6) is 0 Å². The maximum absolute atomic E-state index is 12.5. The van der Waals surface area contributed by atoms with Gasteiger partial charge in [-0.3, -0.25) is 9.59 Å². The minimum atomic E-state index is -2.64. The van der Waals surface area contributed by atoms with Gasteiger partial charge in [0.2, 0.25) is 11.8 Å². The third-order valence-corrected chi connectivity index (χ3v) is 4.31. The molecule has 2 aliphatic rings. The SMILES string of the molecule is O=C(C1CC(=O)N(C2CCCC2)C1)N(CCO)CC(F)F. The van der Waals surface area contributed by atoms with Gasteiger partial charge in [0, 0.05) is 25.6 Å². The monoisotopic (exact) mass is 304 g/mol. The first-order chi connectivity index (χ1) is 10.0. The smallest absolute Gasteiger partial charge is 0.255 e. The second-order valence-corrected chi connectivity index (χ2v) is 5.78. The molecule has 5 nitrogen and oxygen atoms in total. The zero-order valence-corrected chi connectivity index (χ0v) is 12.0. The predicted octanol–water partition coefficient (Wildman–Crippen LogP) is 0.863. The highest BCUT2D eigenvalue weighted by atomic mass is 19.3. The quantitative estimate of drug-likeness (QED) is 0.792. The molecule has 0 spiro atoms. The Bertz CT molecular complexity index is 386. The lowest BCUT2D eigenvalue weighted by Crippen LogP contribution is -2.42. The van der Waals surface area contributed by atoms with Gasteiger partial charge in [0.05, 0.1) is 19.1 Å². The maximum Gasteiger partial charge on any atom is 0.255 e. The van der Waals surface area contributed by atoms with E-state index in [2.05, 4.69) is 0 Å². The molecule has 120 valence electrons. The van der Waals surface area contributed by atoms with Crippen LogP contribution in [0.2, 0.25) is 0 Å². The molecule has 1 atom stereocenters. The Morgan fingerprint density at radius 2 is 2.05 bits per heavy atom. The van der Waals surface area contributed by atoms with Gasteiger partial charge in [0.1, 0.15) is 0 Å². The van der Waals surface area contributed by atoms with E-state index in [4.69, 9.17) is 5.11 Å². The number of amides is 2. The van der Waals surface area contributed by atoms with Gasteiger partial charge < -0.3 is 14.9 Å². The number of halogens is 2. The van der Waals surface area contributed by atoms with Gasteiger partial charge in [-0.25, -0.2) is 8.78 Å². The van der Waals surface area contributed by atoms with Gasteiger partial charge in [0.25, 0.3) is 6.43 Å². The summed E-state index contributed by atoms with van der Waals surface area (Å²) in [6, 6.07) is 0.205. The number of rotatable bonds is 6. The Morgan fingerprint density at radius 1 is 1.38 bits per heavy atom. The molecule has 1 saturated carbocycles. The summed E-state index contributed by atoms with van der Waals surface area (Å²) in [6.45, 7) is -0.830. The van der Waals surface area contributed by atoms with Crippen molar-refractivity contribution in [1.82, 2.24) is 9.80 Å². The van der Waals surface area contributed by atoms with Crippen LogP contribution < -0.4 is 0 Å². The van der Waals surface area contributed by atoms with Gasteiger partial charge in [0.15, 0.2) is 0 Å². The molecular formula is C14H22F2N2O3. The van der Waals surface area contributed by atoms with Crippen LogP contribution in [-0.4, -0.2) is 65.4 Å². The van der Waals surface area contributed by atoms with Crippen LogP contribution in [0.4, 0.5) is 8.78 Å². The Labute approximate surface area is 122 Å². The number of aliphatic hydroxyl groups is 1. The number of likely N-dealkylation sites (tertiary alicyclic amines) is 1. The molecule has 2 amide bonds. The van der Waals surface area contributed by atoms with E-state index < -0.39 is 24.8 Å². The summed E-state index contributed by atoms with van der Waals surface area (Å²) in [6.07, 6.45) is 1.57. The fourth-order valence-corrected chi connectivity index (χ4v) is 3.30. The minimum Gasteiger partial charge on any atom is -0.395 e. The van der Waals surface area contributed by atoms with Crippen molar-refractivity contribution < 1.29 is 23.5 Å². The Kier molecular flexibility index (Phi) is 5.50. The van der Waals surface area contributed by atoms with Crippen LogP contribution in [0, 0.1) is 5.92 Å². The summed E-state index contributed by atoms with van der Waals surface area (Å²) in [5, 5.41) is 8.90. The Hall–Kier alpha value is -1.24. The van der Waals surface area contributed by atoms with Gasteiger partial charge in [-0.1, -0.05) is 12.8 Å². The zero-order valence-electron chi connectivity index (χ0n) is 12.0. The third-order valence-electron chi connectivity index (χ3n) is 4.31. The summed E-state index contributed by atoms with van der Waals surface area (Å²) in [5.74, 6) is -1.05. The molecule has 2 fully saturated rings. The largest absolute Gasteiger partial charge is 0.395 e. The molecule has 0 aromatic heterocycles. The number of hydrogen-bond donors (Lipinski definition) is 1. The molecule has 1 unspecified atom stereocenters. The van der Waals surface area contributed by atoms with Crippen molar-refractivity contribution in [1.29, 1.82) is 0 Å². The summed E-state index contributed by atoms with van der Waals surface area (Å²) in [5.41, 5.74) is 0.